The fourth-order valence-electron chi connectivity index (χ4n) is 1.34. The summed E-state index contributed by atoms with van der Waals surface area (Å²) >= 11 is 3.51. The zero-order chi connectivity index (χ0) is 9.68. The summed E-state index contributed by atoms with van der Waals surface area (Å²) in [6.45, 7) is 1.82. The predicted octanol–water partition coefficient (Wildman–Crippen LogP) is 0.851. The highest BCUT2D eigenvalue weighted by molar-refractivity contribution is 7.99. The van der Waals surface area contributed by atoms with Crippen molar-refractivity contribution in [2.45, 2.75) is 6.04 Å². The maximum atomic E-state index is 10.9. The van der Waals surface area contributed by atoms with Gasteiger partial charge in [-0.25, -0.2) is 0 Å². The van der Waals surface area contributed by atoms with Gasteiger partial charge in [0.25, 0.3) is 0 Å². The summed E-state index contributed by atoms with van der Waals surface area (Å²) in [7, 11) is 0. The van der Waals surface area contributed by atoms with Gasteiger partial charge in [-0.1, -0.05) is 0 Å². The Balaban J connectivity index is 2.41. The molecule has 1 N–H and O–H groups in total. The fourth-order valence-corrected chi connectivity index (χ4v) is 2.87. The Morgan fingerprint density at radius 1 is 1.77 bits per heavy atom. The summed E-state index contributed by atoms with van der Waals surface area (Å²) in [5.74, 6) is 2.16. The minimum atomic E-state index is -0.673. The van der Waals surface area contributed by atoms with Crippen LogP contribution in [0.3, 0.4) is 0 Å². The lowest BCUT2D eigenvalue weighted by molar-refractivity contribution is -0.142. The summed E-state index contributed by atoms with van der Waals surface area (Å²) in [6.07, 6.45) is 2.05. The summed E-state index contributed by atoms with van der Waals surface area (Å²) < 4.78 is 0. The SMILES string of the molecule is CSCCN1CCSCC1C(=O)O. The second-order valence-corrected chi connectivity index (χ2v) is 5.09. The van der Waals surface area contributed by atoms with E-state index in [-0.39, 0.29) is 6.04 Å². The monoisotopic (exact) mass is 221 g/mol. The van der Waals surface area contributed by atoms with Gasteiger partial charge in [-0.3, -0.25) is 9.69 Å². The van der Waals surface area contributed by atoms with E-state index in [0.29, 0.717) is 0 Å². The van der Waals surface area contributed by atoms with E-state index in [9.17, 15) is 4.79 Å². The minimum absolute atomic E-state index is 0.258. The number of rotatable bonds is 4. The minimum Gasteiger partial charge on any atom is -0.480 e. The van der Waals surface area contributed by atoms with Gasteiger partial charge in [0.2, 0.25) is 0 Å². The molecule has 1 aliphatic heterocycles. The topological polar surface area (TPSA) is 40.5 Å². The van der Waals surface area contributed by atoms with Crippen molar-refractivity contribution in [2.24, 2.45) is 0 Å². The first-order chi connectivity index (χ1) is 6.25. The molecule has 1 rings (SSSR count). The predicted molar refractivity (Wildman–Crippen MR) is 58.7 cm³/mol. The van der Waals surface area contributed by atoms with Crippen LogP contribution in [0, 0.1) is 0 Å². The van der Waals surface area contributed by atoms with Gasteiger partial charge >= 0.3 is 5.97 Å². The second kappa shape index (κ2) is 5.78. The van der Waals surface area contributed by atoms with Crippen LogP contribution in [0.1, 0.15) is 0 Å². The zero-order valence-corrected chi connectivity index (χ0v) is 9.37. The van der Waals surface area contributed by atoms with E-state index < -0.39 is 5.97 Å². The number of thioether (sulfide) groups is 2. The third-order valence-corrected chi connectivity index (χ3v) is 3.72. The summed E-state index contributed by atoms with van der Waals surface area (Å²) in [4.78, 5) is 12.9. The van der Waals surface area contributed by atoms with E-state index in [1.54, 1.807) is 23.5 Å². The molecule has 0 spiro atoms. The van der Waals surface area contributed by atoms with Crippen LogP contribution in [0.25, 0.3) is 0 Å². The molecule has 13 heavy (non-hydrogen) atoms. The number of aliphatic carboxylic acids is 1. The Morgan fingerprint density at radius 2 is 2.54 bits per heavy atom. The molecular formula is C8H15NO2S2. The van der Waals surface area contributed by atoms with Crippen LogP contribution in [-0.4, -0.2) is 58.6 Å². The molecule has 5 heteroatoms. The van der Waals surface area contributed by atoms with E-state index in [2.05, 4.69) is 11.2 Å². The van der Waals surface area contributed by atoms with E-state index in [1.165, 1.54) is 0 Å². The number of carboxylic acids is 1. The summed E-state index contributed by atoms with van der Waals surface area (Å²) in [5.41, 5.74) is 0. The van der Waals surface area contributed by atoms with Crippen molar-refractivity contribution < 1.29 is 9.90 Å². The van der Waals surface area contributed by atoms with Crippen molar-refractivity contribution in [2.75, 3.05) is 36.6 Å². The van der Waals surface area contributed by atoms with Gasteiger partial charge in [0.1, 0.15) is 6.04 Å². The Morgan fingerprint density at radius 3 is 3.15 bits per heavy atom. The van der Waals surface area contributed by atoms with Crippen molar-refractivity contribution in [1.82, 2.24) is 4.90 Å². The van der Waals surface area contributed by atoms with Crippen molar-refractivity contribution in [3.63, 3.8) is 0 Å². The van der Waals surface area contributed by atoms with Crippen LogP contribution in [0.15, 0.2) is 0 Å². The molecule has 1 atom stereocenters. The maximum Gasteiger partial charge on any atom is 0.321 e. The number of nitrogens with zero attached hydrogens (tertiary/aromatic N) is 1. The zero-order valence-electron chi connectivity index (χ0n) is 7.73. The first-order valence-corrected chi connectivity index (χ1v) is 6.84. The molecule has 0 aromatic heterocycles. The van der Waals surface area contributed by atoms with E-state index in [4.69, 9.17) is 5.11 Å². The highest BCUT2D eigenvalue weighted by Gasteiger charge is 2.27. The van der Waals surface area contributed by atoms with Crippen molar-refractivity contribution in [3.8, 4) is 0 Å². The fraction of sp³-hybridized carbons (Fsp3) is 0.875. The Hall–Kier alpha value is 0.130. The van der Waals surface area contributed by atoms with Crippen LogP contribution < -0.4 is 0 Å². The number of hydrogen-bond acceptors (Lipinski definition) is 4. The van der Waals surface area contributed by atoms with Crippen molar-refractivity contribution >= 4 is 29.5 Å². The van der Waals surface area contributed by atoms with E-state index in [0.717, 1.165) is 30.3 Å². The second-order valence-electron chi connectivity index (χ2n) is 2.96. The first kappa shape index (κ1) is 11.2. The number of hydrogen-bond donors (Lipinski definition) is 1. The lowest BCUT2D eigenvalue weighted by Crippen LogP contribution is -2.48. The molecule has 1 aliphatic rings. The van der Waals surface area contributed by atoms with Gasteiger partial charge in [0.15, 0.2) is 0 Å². The largest absolute Gasteiger partial charge is 0.480 e. The molecule has 0 amide bonds. The smallest absolute Gasteiger partial charge is 0.321 e. The van der Waals surface area contributed by atoms with Gasteiger partial charge in [-0.05, 0) is 6.26 Å². The van der Waals surface area contributed by atoms with Crippen molar-refractivity contribution in [1.29, 1.82) is 0 Å². The lowest BCUT2D eigenvalue weighted by Gasteiger charge is -2.32. The highest BCUT2D eigenvalue weighted by Crippen LogP contribution is 2.16. The van der Waals surface area contributed by atoms with Crippen LogP contribution in [-0.2, 0) is 4.79 Å². The van der Waals surface area contributed by atoms with Gasteiger partial charge in [0.05, 0.1) is 0 Å². The quantitative estimate of drug-likeness (QED) is 0.762. The third-order valence-electron chi connectivity index (χ3n) is 2.11. The molecule has 1 fully saturated rings. The molecule has 1 unspecified atom stereocenters. The van der Waals surface area contributed by atoms with Gasteiger partial charge < -0.3 is 5.11 Å². The molecule has 1 saturated heterocycles. The molecule has 0 aromatic rings. The molecule has 0 radical (unpaired) electrons. The number of carboxylic acid groups (broad SMARTS) is 1. The molecule has 0 aromatic carbocycles. The normalized spacial score (nSPS) is 24.5. The van der Waals surface area contributed by atoms with Gasteiger partial charge in [0, 0.05) is 30.3 Å². The van der Waals surface area contributed by atoms with Crippen molar-refractivity contribution in [3.05, 3.63) is 0 Å². The van der Waals surface area contributed by atoms with Crippen LogP contribution in [0.2, 0.25) is 0 Å². The van der Waals surface area contributed by atoms with E-state index in [1.807, 2.05) is 0 Å². The molecule has 3 nitrogen and oxygen atoms in total. The van der Waals surface area contributed by atoms with Gasteiger partial charge in [-0.2, -0.15) is 23.5 Å². The molecular weight excluding hydrogens is 206 g/mol. The molecule has 76 valence electrons. The van der Waals surface area contributed by atoms with Crippen LogP contribution >= 0.6 is 23.5 Å². The standard InChI is InChI=1S/C8H15NO2S2/c1-12-4-2-9-3-5-13-6-7(9)8(10)11/h7H,2-6H2,1H3,(H,10,11). The highest BCUT2D eigenvalue weighted by atomic mass is 32.2. The van der Waals surface area contributed by atoms with Crippen LogP contribution in [0.4, 0.5) is 0 Å². The Labute approximate surface area is 87.2 Å². The Kier molecular flexibility index (Phi) is 4.98. The molecule has 0 saturated carbocycles. The maximum absolute atomic E-state index is 10.9. The molecule has 1 heterocycles. The number of carbonyl (C=O) groups is 1. The lowest BCUT2D eigenvalue weighted by atomic mass is 10.3. The molecule has 0 aliphatic carbocycles. The Bertz CT molecular complexity index is 178. The summed E-state index contributed by atoms with van der Waals surface area (Å²) in [6, 6.07) is -0.258. The molecule has 0 bridgehead atoms. The third kappa shape index (κ3) is 3.40. The van der Waals surface area contributed by atoms with Crippen LogP contribution in [0.5, 0.6) is 0 Å². The average molecular weight is 221 g/mol. The van der Waals surface area contributed by atoms with Gasteiger partial charge in [-0.15, -0.1) is 0 Å². The van der Waals surface area contributed by atoms with E-state index >= 15 is 0 Å². The summed E-state index contributed by atoms with van der Waals surface area (Å²) in [5, 5.41) is 8.95. The average Bonchev–Trinajstić information content (AvgIpc) is 2.15. The first-order valence-electron chi connectivity index (χ1n) is 4.29.